The van der Waals surface area contributed by atoms with Crippen LogP contribution in [0.1, 0.15) is 45.4 Å². The average molecular weight is 329 g/mol. The van der Waals surface area contributed by atoms with Crippen LogP contribution in [0.25, 0.3) is 0 Å². The molecule has 0 fully saturated rings. The zero-order valence-electron chi connectivity index (χ0n) is 13.4. The van der Waals surface area contributed by atoms with E-state index in [1.165, 1.54) is 0 Å². The van der Waals surface area contributed by atoms with Gasteiger partial charge in [-0.25, -0.2) is 14.8 Å². The van der Waals surface area contributed by atoms with E-state index in [-0.39, 0.29) is 11.4 Å². The Balaban J connectivity index is 1.97. The molecule has 0 saturated carbocycles. The molecular weight excluding hydrogens is 310 g/mol. The number of carbonyl (C=O) groups excluding carboxylic acids is 1. The first-order valence-corrected chi connectivity index (χ1v) is 7.60. The molecule has 0 atom stereocenters. The van der Waals surface area contributed by atoms with Crippen LogP contribution in [0.2, 0.25) is 0 Å². The van der Waals surface area contributed by atoms with Crippen molar-refractivity contribution >= 4 is 11.9 Å². The van der Waals surface area contributed by atoms with E-state index in [1.54, 1.807) is 0 Å². The van der Waals surface area contributed by atoms with Crippen LogP contribution in [0.3, 0.4) is 0 Å². The number of benzene rings is 1. The van der Waals surface area contributed by atoms with Gasteiger partial charge in [-0.15, -0.1) is 0 Å². The van der Waals surface area contributed by atoms with E-state index in [0.29, 0.717) is 19.8 Å². The average Bonchev–Trinajstić information content (AvgIpc) is 2.61. The van der Waals surface area contributed by atoms with Crippen LogP contribution in [-0.4, -0.2) is 33.6 Å². The van der Waals surface area contributed by atoms with Crippen LogP contribution in [0.4, 0.5) is 0 Å². The van der Waals surface area contributed by atoms with Crippen molar-refractivity contribution in [2.75, 3.05) is 6.61 Å². The van der Waals surface area contributed by atoms with Crippen LogP contribution >= 0.6 is 0 Å². The van der Waals surface area contributed by atoms with Crippen LogP contribution in [-0.2, 0) is 17.9 Å². The summed E-state index contributed by atoms with van der Waals surface area (Å²) in [5.74, 6) is -1.60. The number of aromatic nitrogens is 2. The molecule has 2 rings (SSSR count). The number of nitrogens with zero attached hydrogens (tertiary/aromatic N) is 2. The van der Waals surface area contributed by atoms with E-state index in [0.717, 1.165) is 29.9 Å². The summed E-state index contributed by atoms with van der Waals surface area (Å²) in [5.41, 5.74) is 1.83. The first-order chi connectivity index (χ1) is 11.6. The Kier molecular flexibility index (Phi) is 6.39. The molecule has 1 aromatic heterocycles. The van der Waals surface area contributed by atoms with E-state index >= 15 is 0 Å². The zero-order valence-corrected chi connectivity index (χ0v) is 13.4. The third-order valence-electron chi connectivity index (χ3n) is 3.27. The second kappa shape index (κ2) is 8.73. The molecule has 24 heavy (non-hydrogen) atoms. The topological polar surface area (TPSA) is 101 Å². The molecule has 0 radical (unpaired) electrons. The molecule has 126 valence electrons. The van der Waals surface area contributed by atoms with Crippen molar-refractivity contribution in [3.05, 3.63) is 59.2 Å². The highest BCUT2D eigenvalue weighted by Crippen LogP contribution is 2.10. The lowest BCUT2D eigenvalue weighted by atomic mass is 10.1. The van der Waals surface area contributed by atoms with Gasteiger partial charge < -0.3 is 15.2 Å². The van der Waals surface area contributed by atoms with E-state index in [9.17, 15) is 9.59 Å². The number of hydrogen-bond acceptors (Lipinski definition) is 5. The number of amides is 1. The van der Waals surface area contributed by atoms with Gasteiger partial charge in [0, 0.05) is 13.2 Å². The van der Waals surface area contributed by atoms with Crippen LogP contribution in [0.15, 0.2) is 36.7 Å². The molecule has 1 aromatic carbocycles. The normalized spacial score (nSPS) is 10.4. The summed E-state index contributed by atoms with van der Waals surface area (Å²) in [5, 5.41) is 11.5. The smallest absolute Gasteiger partial charge is 0.356 e. The molecule has 0 saturated heterocycles. The Morgan fingerprint density at radius 3 is 2.42 bits per heavy atom. The lowest BCUT2D eigenvalue weighted by molar-refractivity contribution is 0.0689. The fourth-order valence-corrected chi connectivity index (χ4v) is 2.02. The fourth-order valence-electron chi connectivity index (χ4n) is 2.02. The largest absolute Gasteiger partial charge is 0.476 e. The highest BCUT2D eigenvalue weighted by atomic mass is 16.5. The molecule has 0 bridgehead atoms. The van der Waals surface area contributed by atoms with Gasteiger partial charge in [0.25, 0.3) is 5.91 Å². The highest BCUT2D eigenvalue weighted by molar-refractivity contribution is 5.92. The molecule has 2 aromatic rings. The number of carbonyl (C=O) groups is 2. The quantitative estimate of drug-likeness (QED) is 0.719. The molecule has 0 aliphatic heterocycles. The summed E-state index contributed by atoms with van der Waals surface area (Å²) < 4.78 is 5.55. The number of nitrogens with one attached hydrogen (secondary N) is 1. The monoisotopic (exact) mass is 329 g/mol. The Bertz CT molecular complexity index is 701. The van der Waals surface area contributed by atoms with E-state index in [4.69, 9.17) is 9.84 Å². The molecular formula is C17H19N3O4. The third-order valence-corrected chi connectivity index (χ3v) is 3.27. The predicted molar refractivity (Wildman–Crippen MR) is 86.6 cm³/mol. The van der Waals surface area contributed by atoms with E-state index < -0.39 is 11.9 Å². The fraction of sp³-hybridized carbons (Fsp3) is 0.294. The minimum Gasteiger partial charge on any atom is -0.476 e. The first-order valence-electron chi connectivity index (χ1n) is 7.60. The third kappa shape index (κ3) is 4.85. The van der Waals surface area contributed by atoms with Crippen molar-refractivity contribution < 1.29 is 19.4 Å². The van der Waals surface area contributed by atoms with Gasteiger partial charge in [0.15, 0.2) is 5.69 Å². The molecule has 1 heterocycles. The number of hydrogen-bond donors (Lipinski definition) is 2. The molecule has 7 heteroatoms. The van der Waals surface area contributed by atoms with E-state index in [1.807, 2.05) is 31.2 Å². The summed E-state index contributed by atoms with van der Waals surface area (Å²) in [7, 11) is 0. The zero-order chi connectivity index (χ0) is 17.4. The summed E-state index contributed by atoms with van der Waals surface area (Å²) in [6, 6.07) is 7.70. The molecule has 0 spiro atoms. The van der Waals surface area contributed by atoms with Gasteiger partial charge in [-0.2, -0.15) is 0 Å². The highest BCUT2D eigenvalue weighted by Gasteiger charge is 2.11. The lowest BCUT2D eigenvalue weighted by Crippen LogP contribution is -2.25. The van der Waals surface area contributed by atoms with Crippen molar-refractivity contribution in [1.82, 2.24) is 15.3 Å². The molecule has 2 N–H and O–H groups in total. The van der Waals surface area contributed by atoms with Gasteiger partial charge >= 0.3 is 5.97 Å². The lowest BCUT2D eigenvalue weighted by Gasteiger charge is -2.11. The standard InChI is InChI=1S/C17H19N3O4/c1-2-7-24-11-13-6-4-3-5-12(13)8-20-16(21)14-9-19-15(10-18-14)17(22)23/h3-6,9-10H,2,7-8,11H2,1H3,(H,20,21)(H,22,23). The number of rotatable bonds is 8. The van der Waals surface area contributed by atoms with E-state index in [2.05, 4.69) is 15.3 Å². The Labute approximate surface area is 139 Å². The van der Waals surface area contributed by atoms with Gasteiger partial charge in [0.2, 0.25) is 0 Å². The number of aromatic carboxylic acids is 1. The summed E-state index contributed by atoms with van der Waals surface area (Å²) >= 11 is 0. The van der Waals surface area contributed by atoms with Crippen LogP contribution in [0, 0.1) is 0 Å². The molecule has 0 aliphatic carbocycles. The molecule has 0 aliphatic rings. The Hall–Kier alpha value is -2.80. The summed E-state index contributed by atoms with van der Waals surface area (Å²) in [6.45, 7) is 3.55. The van der Waals surface area contributed by atoms with Crippen molar-refractivity contribution in [3.63, 3.8) is 0 Å². The summed E-state index contributed by atoms with van der Waals surface area (Å²) in [4.78, 5) is 30.3. The Morgan fingerprint density at radius 1 is 1.12 bits per heavy atom. The van der Waals surface area contributed by atoms with Crippen molar-refractivity contribution in [2.45, 2.75) is 26.5 Å². The maximum atomic E-state index is 12.1. The van der Waals surface area contributed by atoms with Crippen molar-refractivity contribution in [1.29, 1.82) is 0 Å². The maximum absolute atomic E-state index is 12.1. The minimum atomic E-state index is -1.18. The van der Waals surface area contributed by atoms with Gasteiger partial charge in [-0.1, -0.05) is 31.2 Å². The second-order valence-electron chi connectivity index (χ2n) is 5.10. The first kappa shape index (κ1) is 17.6. The van der Waals surface area contributed by atoms with Gasteiger partial charge in [-0.05, 0) is 17.5 Å². The predicted octanol–water partition coefficient (Wildman–Crippen LogP) is 2.03. The van der Waals surface area contributed by atoms with Gasteiger partial charge in [-0.3, -0.25) is 4.79 Å². The summed E-state index contributed by atoms with van der Waals surface area (Å²) in [6.07, 6.45) is 3.16. The maximum Gasteiger partial charge on any atom is 0.356 e. The Morgan fingerprint density at radius 2 is 1.79 bits per heavy atom. The molecule has 1 amide bonds. The molecule has 0 unspecified atom stereocenters. The van der Waals surface area contributed by atoms with Crippen LogP contribution < -0.4 is 5.32 Å². The van der Waals surface area contributed by atoms with Gasteiger partial charge in [0.05, 0.1) is 19.0 Å². The second-order valence-corrected chi connectivity index (χ2v) is 5.10. The van der Waals surface area contributed by atoms with Crippen LogP contribution in [0.5, 0.6) is 0 Å². The number of carboxylic acid groups (broad SMARTS) is 1. The van der Waals surface area contributed by atoms with Gasteiger partial charge in [0.1, 0.15) is 5.69 Å². The van der Waals surface area contributed by atoms with Crippen molar-refractivity contribution in [2.24, 2.45) is 0 Å². The number of carboxylic acids is 1. The number of ether oxygens (including phenoxy) is 1. The SMILES string of the molecule is CCCOCc1ccccc1CNC(=O)c1cnc(C(=O)O)cn1. The molecule has 7 nitrogen and oxygen atoms in total. The van der Waals surface area contributed by atoms with Crippen molar-refractivity contribution in [3.8, 4) is 0 Å². The minimum absolute atomic E-state index is 0.0692.